The van der Waals surface area contributed by atoms with E-state index in [9.17, 15) is 9.59 Å². The molecule has 0 saturated heterocycles. The minimum atomic E-state index is -0.839. The first-order valence-corrected chi connectivity index (χ1v) is 13.0. The number of carboxylic acids is 1. The van der Waals surface area contributed by atoms with Crippen molar-refractivity contribution < 1.29 is 14.7 Å². The Morgan fingerprint density at radius 3 is 2.47 bits per heavy atom. The number of nitrogens with one attached hydrogen (secondary N) is 1. The molecule has 1 unspecified atom stereocenters. The van der Waals surface area contributed by atoms with Gasteiger partial charge in [-0.25, -0.2) is 0 Å². The highest BCUT2D eigenvalue weighted by atomic mass is 79.9. The first kappa shape index (κ1) is 25.8. The fraction of sp³-hybridized carbons (Fsp3) is 0.276. The van der Waals surface area contributed by atoms with E-state index in [0.717, 1.165) is 52.2 Å². The van der Waals surface area contributed by atoms with Crippen molar-refractivity contribution in [2.45, 2.75) is 39.2 Å². The lowest BCUT2D eigenvalue weighted by molar-refractivity contribution is -0.137. The molecule has 0 spiro atoms. The summed E-state index contributed by atoms with van der Waals surface area (Å²) in [7, 11) is 0. The molecule has 0 radical (unpaired) electrons. The average molecular weight is 548 g/mol. The Morgan fingerprint density at radius 1 is 1.03 bits per heavy atom. The number of anilines is 1. The monoisotopic (exact) mass is 547 g/mol. The standard InChI is InChI=1S/C29H30BrN3O3/c1-3-33(4-2)18-20-8-12-23(13-9-20)31-28(21-7-5-6-19(16-21)10-15-26(34)35)27-24-14-11-22(30)17-25(24)32-29(27)36/h5-9,11-14,16-17,27H,3-4,10,15,18H2,1-2H3,(H,32,36)(H,34,35). The van der Waals surface area contributed by atoms with Crippen molar-refractivity contribution in [2.75, 3.05) is 18.4 Å². The minimum absolute atomic E-state index is 0.0463. The van der Waals surface area contributed by atoms with E-state index in [1.165, 1.54) is 5.56 Å². The van der Waals surface area contributed by atoms with Crippen molar-refractivity contribution in [3.05, 3.63) is 93.5 Å². The molecule has 0 bridgehead atoms. The first-order chi connectivity index (χ1) is 17.4. The Labute approximate surface area is 220 Å². The highest BCUT2D eigenvalue weighted by Gasteiger charge is 2.35. The molecule has 0 aliphatic carbocycles. The van der Waals surface area contributed by atoms with Crippen molar-refractivity contribution in [1.82, 2.24) is 4.90 Å². The highest BCUT2D eigenvalue weighted by Crippen LogP contribution is 2.38. The maximum atomic E-state index is 13.2. The van der Waals surface area contributed by atoms with E-state index in [2.05, 4.69) is 52.1 Å². The van der Waals surface area contributed by atoms with Crippen LogP contribution in [0.5, 0.6) is 0 Å². The third kappa shape index (κ3) is 6.09. The predicted molar refractivity (Wildman–Crippen MR) is 147 cm³/mol. The van der Waals surface area contributed by atoms with E-state index in [0.29, 0.717) is 12.1 Å². The third-order valence-electron chi connectivity index (χ3n) is 6.46. The summed E-state index contributed by atoms with van der Waals surface area (Å²) in [5.41, 5.74) is 5.96. The molecule has 36 heavy (non-hydrogen) atoms. The molecule has 3 aromatic rings. The van der Waals surface area contributed by atoms with Crippen LogP contribution in [0.1, 0.15) is 48.4 Å². The fourth-order valence-electron chi connectivity index (χ4n) is 4.46. The average Bonchev–Trinajstić information content (AvgIpc) is 3.20. The van der Waals surface area contributed by atoms with E-state index >= 15 is 0 Å². The number of hydrogen-bond acceptors (Lipinski definition) is 4. The van der Waals surface area contributed by atoms with Gasteiger partial charge < -0.3 is 10.4 Å². The van der Waals surface area contributed by atoms with Gasteiger partial charge in [0, 0.05) is 23.1 Å². The Morgan fingerprint density at radius 2 is 1.78 bits per heavy atom. The van der Waals surface area contributed by atoms with Crippen molar-refractivity contribution in [3.8, 4) is 0 Å². The number of carbonyl (C=O) groups is 2. The van der Waals surface area contributed by atoms with Crippen LogP contribution in [0.3, 0.4) is 0 Å². The Balaban J connectivity index is 1.75. The van der Waals surface area contributed by atoms with Crippen molar-refractivity contribution in [2.24, 2.45) is 4.99 Å². The van der Waals surface area contributed by atoms with Crippen LogP contribution in [0.15, 0.2) is 76.2 Å². The van der Waals surface area contributed by atoms with Crippen LogP contribution in [0.25, 0.3) is 0 Å². The number of carbonyl (C=O) groups excluding carboxylic acids is 1. The molecule has 1 atom stereocenters. The number of fused-ring (bicyclic) bond motifs is 1. The Hall–Kier alpha value is -3.29. The molecular weight excluding hydrogens is 518 g/mol. The van der Waals surface area contributed by atoms with Crippen LogP contribution in [0, 0.1) is 0 Å². The number of aliphatic carboxylic acids is 1. The highest BCUT2D eigenvalue weighted by molar-refractivity contribution is 9.10. The summed E-state index contributed by atoms with van der Waals surface area (Å²) in [6.45, 7) is 7.17. The van der Waals surface area contributed by atoms with Crippen LogP contribution in [0.2, 0.25) is 0 Å². The number of benzene rings is 3. The minimum Gasteiger partial charge on any atom is -0.481 e. The molecule has 4 rings (SSSR count). The topological polar surface area (TPSA) is 82.0 Å². The second kappa shape index (κ2) is 11.6. The number of carboxylic acid groups (broad SMARTS) is 1. The number of hydrogen-bond donors (Lipinski definition) is 2. The SMILES string of the molecule is CCN(CC)Cc1ccc(N=C(c2cccc(CCC(=O)O)c2)C2C(=O)Nc3cc(Br)ccc32)cc1. The summed E-state index contributed by atoms with van der Waals surface area (Å²) < 4.78 is 0.889. The van der Waals surface area contributed by atoms with Gasteiger partial charge in [0.05, 0.1) is 11.4 Å². The summed E-state index contributed by atoms with van der Waals surface area (Å²) in [5, 5.41) is 12.1. The molecule has 0 saturated carbocycles. The molecule has 7 heteroatoms. The molecule has 2 N–H and O–H groups in total. The van der Waals surface area contributed by atoms with Gasteiger partial charge in [-0.2, -0.15) is 0 Å². The van der Waals surface area contributed by atoms with Gasteiger partial charge in [-0.15, -0.1) is 0 Å². The summed E-state index contributed by atoms with van der Waals surface area (Å²) in [6.07, 6.45) is 0.460. The summed E-state index contributed by atoms with van der Waals surface area (Å²) >= 11 is 3.48. The molecule has 1 heterocycles. The lowest BCUT2D eigenvalue weighted by Crippen LogP contribution is -2.22. The van der Waals surface area contributed by atoms with Gasteiger partial charge in [-0.3, -0.25) is 19.5 Å². The lowest BCUT2D eigenvalue weighted by atomic mass is 9.89. The molecule has 0 fully saturated rings. The van der Waals surface area contributed by atoms with Gasteiger partial charge in [0.1, 0.15) is 5.92 Å². The molecule has 1 amide bonds. The van der Waals surface area contributed by atoms with Crippen molar-refractivity contribution in [1.29, 1.82) is 0 Å². The Bertz CT molecular complexity index is 1280. The fourth-order valence-corrected chi connectivity index (χ4v) is 4.82. The number of amides is 1. The van der Waals surface area contributed by atoms with Crippen molar-refractivity contribution in [3.63, 3.8) is 0 Å². The lowest BCUT2D eigenvalue weighted by Gasteiger charge is -2.18. The second-order valence-electron chi connectivity index (χ2n) is 8.87. The molecule has 1 aliphatic rings. The van der Waals surface area contributed by atoms with Gasteiger partial charge in [0.25, 0.3) is 0 Å². The largest absolute Gasteiger partial charge is 0.481 e. The van der Waals surface area contributed by atoms with Gasteiger partial charge in [0.15, 0.2) is 0 Å². The molecule has 1 aliphatic heterocycles. The number of nitrogens with zero attached hydrogens (tertiary/aromatic N) is 2. The maximum Gasteiger partial charge on any atom is 0.303 e. The number of aliphatic imine (C=N–C) groups is 1. The van der Waals surface area contributed by atoms with E-state index in [1.54, 1.807) is 0 Å². The normalized spacial score (nSPS) is 15.2. The van der Waals surface area contributed by atoms with E-state index < -0.39 is 11.9 Å². The number of halogens is 1. The van der Waals surface area contributed by atoms with E-state index in [4.69, 9.17) is 10.1 Å². The predicted octanol–water partition coefficient (Wildman–Crippen LogP) is 6.16. The zero-order chi connectivity index (χ0) is 25.7. The van der Waals surface area contributed by atoms with Crippen LogP contribution < -0.4 is 5.32 Å². The Kier molecular flexibility index (Phi) is 8.33. The smallest absolute Gasteiger partial charge is 0.303 e. The summed E-state index contributed by atoms with van der Waals surface area (Å²) in [5.74, 6) is -1.54. The maximum absolute atomic E-state index is 13.2. The summed E-state index contributed by atoms with van der Waals surface area (Å²) in [6, 6.07) is 21.6. The first-order valence-electron chi connectivity index (χ1n) is 12.2. The van der Waals surface area contributed by atoms with Crippen LogP contribution in [0.4, 0.5) is 11.4 Å². The zero-order valence-corrected chi connectivity index (χ0v) is 22.1. The van der Waals surface area contributed by atoms with Crippen molar-refractivity contribution >= 4 is 44.9 Å². The molecule has 186 valence electrons. The molecule has 6 nitrogen and oxygen atoms in total. The van der Waals surface area contributed by atoms with E-state index in [1.807, 2.05) is 54.6 Å². The summed E-state index contributed by atoms with van der Waals surface area (Å²) in [4.78, 5) is 31.6. The van der Waals surface area contributed by atoms with E-state index in [-0.39, 0.29) is 12.3 Å². The molecular formula is C29H30BrN3O3. The molecule has 0 aromatic heterocycles. The molecule has 3 aromatic carbocycles. The third-order valence-corrected chi connectivity index (χ3v) is 6.95. The zero-order valence-electron chi connectivity index (χ0n) is 20.5. The number of aryl methyl sites for hydroxylation is 1. The van der Waals surface area contributed by atoms with Gasteiger partial charge in [0.2, 0.25) is 5.91 Å². The second-order valence-corrected chi connectivity index (χ2v) is 9.79. The van der Waals surface area contributed by atoms with Gasteiger partial charge in [-0.05, 0) is 72.1 Å². The quantitative estimate of drug-likeness (QED) is 0.297. The number of rotatable bonds is 10. The van der Waals surface area contributed by atoms with Gasteiger partial charge in [-0.1, -0.05) is 66.2 Å². The van der Waals surface area contributed by atoms with Crippen LogP contribution >= 0.6 is 15.9 Å². The van der Waals surface area contributed by atoms with Gasteiger partial charge >= 0.3 is 5.97 Å². The van der Waals surface area contributed by atoms with Crippen LogP contribution in [-0.4, -0.2) is 40.7 Å². The van der Waals surface area contributed by atoms with Crippen LogP contribution in [-0.2, 0) is 22.6 Å².